The van der Waals surface area contributed by atoms with E-state index in [2.05, 4.69) is 41.1 Å². The average Bonchev–Trinajstić information content (AvgIpc) is 3.41. The number of nitrogens with zero attached hydrogens (tertiary/aromatic N) is 4. The van der Waals surface area contributed by atoms with Crippen LogP contribution in [0, 0.1) is 0 Å². The fourth-order valence-corrected chi connectivity index (χ4v) is 4.58. The third-order valence-corrected chi connectivity index (χ3v) is 6.50. The van der Waals surface area contributed by atoms with Crippen LogP contribution in [0.25, 0.3) is 0 Å². The van der Waals surface area contributed by atoms with Crippen LogP contribution >= 0.6 is 11.8 Å². The summed E-state index contributed by atoms with van der Waals surface area (Å²) in [5.41, 5.74) is 3.17. The highest BCUT2D eigenvalue weighted by Gasteiger charge is 2.38. The SMILES string of the molecule is CC(Sc1nncn1Cc1ccco1)C(=O)C=C1N(C)c2ccccc2C1(C)C. The number of aromatic nitrogens is 3. The number of hydrogen-bond donors (Lipinski definition) is 0. The second-order valence-electron chi connectivity index (χ2n) is 7.71. The maximum absolute atomic E-state index is 13.0. The molecule has 6 nitrogen and oxygen atoms in total. The summed E-state index contributed by atoms with van der Waals surface area (Å²) in [5, 5.41) is 8.59. The Balaban J connectivity index is 1.52. The molecule has 3 heterocycles. The summed E-state index contributed by atoms with van der Waals surface area (Å²) < 4.78 is 7.29. The summed E-state index contributed by atoms with van der Waals surface area (Å²) in [6, 6.07) is 12.1. The topological polar surface area (TPSA) is 64.2 Å². The van der Waals surface area contributed by atoms with E-state index in [0.717, 1.165) is 17.1 Å². The van der Waals surface area contributed by atoms with Crippen molar-refractivity contribution >= 4 is 23.2 Å². The maximum atomic E-state index is 13.0. The summed E-state index contributed by atoms with van der Waals surface area (Å²) >= 11 is 1.41. The Morgan fingerprint density at radius 1 is 1.28 bits per heavy atom. The zero-order chi connectivity index (χ0) is 20.6. The van der Waals surface area contributed by atoms with Gasteiger partial charge in [-0.1, -0.05) is 43.8 Å². The first kappa shape index (κ1) is 19.5. The minimum atomic E-state index is -0.282. The summed E-state index contributed by atoms with van der Waals surface area (Å²) in [7, 11) is 2.02. The lowest BCUT2D eigenvalue weighted by molar-refractivity contribution is -0.114. The Labute approximate surface area is 174 Å². The van der Waals surface area contributed by atoms with Crippen molar-refractivity contribution in [3.05, 3.63) is 72.1 Å². The van der Waals surface area contributed by atoms with E-state index < -0.39 is 0 Å². The quantitative estimate of drug-likeness (QED) is 0.448. The molecule has 0 fully saturated rings. The van der Waals surface area contributed by atoms with Crippen molar-refractivity contribution in [1.29, 1.82) is 0 Å². The van der Waals surface area contributed by atoms with Crippen molar-refractivity contribution in [3.8, 4) is 0 Å². The van der Waals surface area contributed by atoms with Gasteiger partial charge in [-0.25, -0.2) is 0 Å². The lowest BCUT2D eigenvalue weighted by Crippen LogP contribution is -2.25. The number of benzene rings is 1. The minimum absolute atomic E-state index is 0.0604. The van der Waals surface area contributed by atoms with Gasteiger partial charge in [-0.05, 0) is 30.7 Å². The predicted molar refractivity (Wildman–Crippen MR) is 114 cm³/mol. The first-order valence-corrected chi connectivity index (χ1v) is 10.4. The van der Waals surface area contributed by atoms with Gasteiger partial charge >= 0.3 is 0 Å². The normalized spacial score (nSPS) is 17.5. The second kappa shape index (κ2) is 7.55. The van der Waals surface area contributed by atoms with E-state index in [1.807, 2.05) is 42.8 Å². The molecule has 2 aromatic heterocycles. The van der Waals surface area contributed by atoms with Crippen molar-refractivity contribution in [2.45, 2.75) is 43.1 Å². The molecular formula is C22H24N4O2S. The molecular weight excluding hydrogens is 384 g/mol. The third kappa shape index (κ3) is 3.62. The predicted octanol–water partition coefficient (Wildman–Crippen LogP) is 4.28. The van der Waals surface area contributed by atoms with E-state index in [0.29, 0.717) is 11.7 Å². The van der Waals surface area contributed by atoms with Gasteiger partial charge in [-0.3, -0.25) is 4.79 Å². The second-order valence-corrected chi connectivity index (χ2v) is 9.02. The molecule has 7 heteroatoms. The lowest BCUT2D eigenvalue weighted by Gasteiger charge is -2.24. The van der Waals surface area contributed by atoms with Gasteiger partial charge in [0.05, 0.1) is 18.1 Å². The first-order chi connectivity index (χ1) is 13.9. The molecule has 1 aliphatic rings. The van der Waals surface area contributed by atoms with E-state index in [9.17, 15) is 4.79 Å². The number of para-hydroxylation sites is 1. The van der Waals surface area contributed by atoms with Gasteiger partial charge in [-0.15, -0.1) is 10.2 Å². The number of carbonyl (C=O) groups excluding carboxylic acids is 1. The Hall–Kier alpha value is -2.80. The van der Waals surface area contributed by atoms with Gasteiger partial charge in [0.2, 0.25) is 0 Å². The Bertz CT molecular complexity index is 1050. The molecule has 0 aliphatic carbocycles. The highest BCUT2D eigenvalue weighted by atomic mass is 32.2. The van der Waals surface area contributed by atoms with Gasteiger partial charge in [0.1, 0.15) is 12.1 Å². The van der Waals surface area contributed by atoms with Crippen molar-refractivity contribution in [2.75, 3.05) is 11.9 Å². The molecule has 1 unspecified atom stereocenters. The van der Waals surface area contributed by atoms with E-state index in [1.165, 1.54) is 17.3 Å². The summed E-state index contributed by atoms with van der Waals surface area (Å²) in [6.07, 6.45) is 5.08. The van der Waals surface area contributed by atoms with Gasteiger partial charge in [0, 0.05) is 29.9 Å². The van der Waals surface area contributed by atoms with Gasteiger partial charge in [0.15, 0.2) is 10.9 Å². The van der Waals surface area contributed by atoms with E-state index >= 15 is 0 Å². The molecule has 4 rings (SSSR count). The number of thioether (sulfide) groups is 1. The van der Waals surface area contributed by atoms with Crippen LogP contribution in [0.3, 0.4) is 0 Å². The van der Waals surface area contributed by atoms with Crippen LogP contribution in [0.1, 0.15) is 32.1 Å². The summed E-state index contributed by atoms with van der Waals surface area (Å²) in [5.74, 6) is 0.880. The van der Waals surface area contributed by atoms with Crippen molar-refractivity contribution in [1.82, 2.24) is 14.8 Å². The standard InChI is InChI=1S/C22H24N4O2S/c1-15(29-21-24-23-14-26(21)13-16-8-7-11-28-16)19(27)12-20-22(2,3)17-9-5-6-10-18(17)25(20)4/h5-12,14-15H,13H2,1-4H3. The fraction of sp³-hybridized carbons (Fsp3) is 0.318. The molecule has 1 aromatic carbocycles. The number of hydrogen-bond acceptors (Lipinski definition) is 6. The number of rotatable bonds is 6. The third-order valence-electron chi connectivity index (χ3n) is 5.39. The van der Waals surface area contributed by atoms with Crippen LogP contribution in [0.5, 0.6) is 0 Å². The molecule has 0 spiro atoms. The molecule has 1 atom stereocenters. The highest BCUT2D eigenvalue weighted by Crippen LogP contribution is 2.46. The molecule has 0 radical (unpaired) electrons. The number of anilines is 1. The van der Waals surface area contributed by atoms with Crippen LogP contribution in [-0.2, 0) is 16.8 Å². The largest absolute Gasteiger partial charge is 0.467 e. The Morgan fingerprint density at radius 2 is 2.07 bits per heavy atom. The number of fused-ring (bicyclic) bond motifs is 1. The highest BCUT2D eigenvalue weighted by molar-refractivity contribution is 8.00. The molecule has 0 bridgehead atoms. The van der Waals surface area contributed by atoms with E-state index in [1.54, 1.807) is 18.7 Å². The van der Waals surface area contributed by atoms with Gasteiger partial charge in [0.25, 0.3) is 0 Å². The van der Waals surface area contributed by atoms with Crippen LogP contribution < -0.4 is 4.90 Å². The van der Waals surface area contributed by atoms with Gasteiger partial charge < -0.3 is 13.9 Å². The zero-order valence-electron chi connectivity index (χ0n) is 17.0. The minimum Gasteiger partial charge on any atom is -0.467 e. The molecule has 0 amide bonds. The fourth-order valence-electron chi connectivity index (χ4n) is 3.74. The summed E-state index contributed by atoms with van der Waals surface area (Å²) in [6.45, 7) is 6.76. The Kier molecular flexibility index (Phi) is 5.08. The number of furan rings is 1. The molecule has 3 aromatic rings. The Morgan fingerprint density at radius 3 is 2.79 bits per heavy atom. The van der Waals surface area contributed by atoms with Crippen LogP contribution in [0.15, 0.2) is 70.3 Å². The maximum Gasteiger partial charge on any atom is 0.192 e. The average molecular weight is 409 g/mol. The molecule has 0 saturated carbocycles. The smallest absolute Gasteiger partial charge is 0.192 e. The molecule has 0 saturated heterocycles. The number of carbonyl (C=O) groups is 1. The van der Waals surface area contributed by atoms with Crippen molar-refractivity contribution in [3.63, 3.8) is 0 Å². The molecule has 1 aliphatic heterocycles. The number of likely N-dealkylation sites (N-methyl/N-ethyl adjacent to an activating group) is 1. The van der Waals surface area contributed by atoms with E-state index in [4.69, 9.17) is 4.42 Å². The monoisotopic (exact) mass is 408 g/mol. The number of ketones is 1. The first-order valence-electron chi connectivity index (χ1n) is 9.54. The number of allylic oxidation sites excluding steroid dienone is 2. The summed E-state index contributed by atoms with van der Waals surface area (Å²) in [4.78, 5) is 15.2. The molecule has 29 heavy (non-hydrogen) atoms. The molecule has 150 valence electrons. The van der Waals surface area contributed by atoms with Gasteiger partial charge in [-0.2, -0.15) is 0 Å². The lowest BCUT2D eigenvalue weighted by atomic mass is 9.83. The van der Waals surface area contributed by atoms with Crippen LogP contribution in [0.2, 0.25) is 0 Å². The van der Waals surface area contributed by atoms with Crippen LogP contribution in [0.4, 0.5) is 5.69 Å². The van der Waals surface area contributed by atoms with Crippen molar-refractivity contribution < 1.29 is 9.21 Å². The van der Waals surface area contributed by atoms with Crippen LogP contribution in [-0.4, -0.2) is 32.8 Å². The zero-order valence-corrected chi connectivity index (χ0v) is 17.8. The van der Waals surface area contributed by atoms with Crippen molar-refractivity contribution in [2.24, 2.45) is 0 Å². The van der Waals surface area contributed by atoms with E-state index in [-0.39, 0.29) is 16.4 Å². The molecule has 0 N–H and O–H groups in total.